The predicted octanol–water partition coefficient (Wildman–Crippen LogP) is 3.45. The molecule has 1 aliphatic carbocycles. The van der Waals surface area contributed by atoms with Crippen LogP contribution >= 0.6 is 0 Å². The first kappa shape index (κ1) is 23.5. The first-order chi connectivity index (χ1) is 16.6. The Bertz CT molecular complexity index is 1420. The van der Waals surface area contributed by atoms with Crippen LogP contribution in [0.1, 0.15) is 48.1 Å². The van der Waals surface area contributed by atoms with E-state index in [0.29, 0.717) is 23.4 Å². The molecule has 0 spiro atoms. The van der Waals surface area contributed by atoms with E-state index < -0.39 is 21.5 Å². The average Bonchev–Trinajstić information content (AvgIpc) is 3.27. The van der Waals surface area contributed by atoms with E-state index in [0.717, 1.165) is 41.5 Å². The van der Waals surface area contributed by atoms with Crippen molar-refractivity contribution in [3.05, 3.63) is 76.5 Å². The van der Waals surface area contributed by atoms with Crippen molar-refractivity contribution in [3.63, 3.8) is 0 Å². The Kier molecular flexibility index (Phi) is 5.89. The fourth-order valence-corrected chi connectivity index (χ4v) is 5.94. The monoisotopic (exact) mass is 492 g/mol. The molecule has 35 heavy (non-hydrogen) atoms. The van der Waals surface area contributed by atoms with E-state index in [4.69, 9.17) is 4.74 Å². The highest BCUT2D eigenvalue weighted by Crippen LogP contribution is 2.35. The van der Waals surface area contributed by atoms with Crippen LogP contribution in [0.4, 0.5) is 0 Å². The van der Waals surface area contributed by atoms with Crippen molar-refractivity contribution in [1.82, 2.24) is 9.71 Å². The Morgan fingerprint density at radius 3 is 2.66 bits per heavy atom. The average molecular weight is 493 g/mol. The maximum Gasteiger partial charge on any atom is 0.264 e. The van der Waals surface area contributed by atoms with Crippen LogP contribution in [-0.4, -0.2) is 31.0 Å². The predicted molar refractivity (Wildman–Crippen MR) is 132 cm³/mol. The minimum absolute atomic E-state index is 0.0612. The number of pyridine rings is 1. The van der Waals surface area contributed by atoms with Crippen LogP contribution in [0.15, 0.2) is 53.6 Å². The number of sulfonamides is 1. The van der Waals surface area contributed by atoms with Gasteiger partial charge in [-0.3, -0.25) is 4.79 Å². The second kappa shape index (κ2) is 8.77. The van der Waals surface area contributed by atoms with Gasteiger partial charge in [0.25, 0.3) is 10.0 Å². The fraction of sp³-hybridized carbons (Fsp3) is 0.333. The highest BCUT2D eigenvalue weighted by Gasteiger charge is 2.26. The number of carbonyl (C=O) groups is 1. The van der Waals surface area contributed by atoms with Crippen molar-refractivity contribution in [3.8, 4) is 17.0 Å². The quantitative estimate of drug-likeness (QED) is 0.539. The molecule has 0 radical (unpaired) electrons. The molecule has 1 aromatic heterocycles. The number of hydrogen-bond donors (Lipinski definition) is 2. The van der Waals surface area contributed by atoms with Gasteiger partial charge in [0.05, 0.1) is 23.5 Å². The first-order valence-corrected chi connectivity index (χ1v) is 13.2. The van der Waals surface area contributed by atoms with E-state index in [1.807, 2.05) is 18.2 Å². The standard InChI is InChI=1S/C27H28N2O5S/c1-27(2,31)20-12-17-9-11-34-26-14-19(8-10-28-26)23-7-6-18-4-3-5-22(18)24(23)16-25(30)29-35(32,33)21(13-17)15-20/h6-8,10,12-15,31H,3-5,9,11,16H2,1-2H3,(H,29,30). The molecule has 1 amide bonds. The van der Waals surface area contributed by atoms with Gasteiger partial charge in [-0.15, -0.1) is 0 Å². The fourth-order valence-electron chi connectivity index (χ4n) is 4.86. The molecule has 2 aromatic carbocycles. The van der Waals surface area contributed by atoms with Crippen LogP contribution < -0.4 is 9.46 Å². The van der Waals surface area contributed by atoms with Gasteiger partial charge in [0.15, 0.2) is 0 Å². The van der Waals surface area contributed by atoms with E-state index in [1.54, 1.807) is 26.1 Å². The van der Waals surface area contributed by atoms with Gasteiger partial charge in [-0.1, -0.05) is 18.2 Å². The van der Waals surface area contributed by atoms with Crippen molar-refractivity contribution in [2.24, 2.45) is 0 Å². The molecular weight excluding hydrogens is 464 g/mol. The smallest absolute Gasteiger partial charge is 0.264 e. The van der Waals surface area contributed by atoms with E-state index in [1.165, 1.54) is 17.7 Å². The number of fused-ring (bicyclic) bond motifs is 8. The van der Waals surface area contributed by atoms with Gasteiger partial charge in [-0.25, -0.2) is 18.1 Å². The number of ether oxygens (including phenoxy) is 1. The molecular formula is C27H28N2O5S. The molecule has 4 bridgehead atoms. The van der Waals surface area contributed by atoms with Crippen molar-refractivity contribution >= 4 is 15.9 Å². The number of aromatic nitrogens is 1. The summed E-state index contributed by atoms with van der Waals surface area (Å²) >= 11 is 0. The van der Waals surface area contributed by atoms with Crippen LogP contribution in [0.25, 0.3) is 11.1 Å². The lowest BCUT2D eigenvalue weighted by Gasteiger charge is -2.20. The summed E-state index contributed by atoms with van der Waals surface area (Å²) in [6, 6.07) is 12.5. The molecule has 0 atom stereocenters. The number of rotatable bonds is 1. The summed E-state index contributed by atoms with van der Waals surface area (Å²) in [5.41, 5.74) is 4.75. The van der Waals surface area contributed by atoms with Crippen LogP contribution in [0.2, 0.25) is 0 Å². The van der Waals surface area contributed by atoms with Crippen LogP contribution in [-0.2, 0) is 46.1 Å². The number of aryl methyl sites for hydroxylation is 1. The molecule has 0 unspecified atom stereocenters. The molecule has 8 heteroatoms. The van der Waals surface area contributed by atoms with E-state index >= 15 is 0 Å². The van der Waals surface area contributed by atoms with Crippen LogP contribution in [0.3, 0.4) is 0 Å². The third-order valence-corrected chi connectivity index (χ3v) is 8.01. The number of nitrogens with one attached hydrogen (secondary N) is 1. The summed E-state index contributed by atoms with van der Waals surface area (Å²) in [6.07, 6.45) is 4.81. The molecule has 1 aliphatic heterocycles. The first-order valence-electron chi connectivity index (χ1n) is 11.8. The van der Waals surface area contributed by atoms with E-state index in [9.17, 15) is 18.3 Å². The third-order valence-electron chi connectivity index (χ3n) is 6.66. The van der Waals surface area contributed by atoms with E-state index in [-0.39, 0.29) is 17.9 Å². The summed E-state index contributed by atoms with van der Waals surface area (Å²) in [6.45, 7) is 3.45. The number of amides is 1. The minimum atomic E-state index is -4.15. The molecule has 7 nitrogen and oxygen atoms in total. The third kappa shape index (κ3) is 4.81. The van der Waals surface area contributed by atoms with Crippen molar-refractivity contribution in [2.45, 2.75) is 56.4 Å². The number of benzene rings is 2. The van der Waals surface area contributed by atoms with Gasteiger partial charge in [-0.2, -0.15) is 0 Å². The lowest BCUT2D eigenvalue weighted by Crippen LogP contribution is -2.32. The molecule has 3 aromatic rings. The summed E-state index contributed by atoms with van der Waals surface area (Å²) < 4.78 is 34.6. The maximum atomic E-state index is 13.2. The lowest BCUT2D eigenvalue weighted by atomic mass is 9.91. The van der Waals surface area contributed by atoms with Gasteiger partial charge < -0.3 is 9.84 Å². The number of aliphatic hydroxyl groups is 1. The van der Waals surface area contributed by atoms with Crippen molar-refractivity contribution in [2.75, 3.05) is 6.61 Å². The van der Waals surface area contributed by atoms with Gasteiger partial charge >= 0.3 is 0 Å². The minimum Gasteiger partial charge on any atom is -0.477 e. The van der Waals surface area contributed by atoms with Crippen LogP contribution in [0.5, 0.6) is 5.88 Å². The summed E-state index contributed by atoms with van der Waals surface area (Å²) in [4.78, 5) is 17.4. The highest BCUT2D eigenvalue weighted by atomic mass is 32.2. The zero-order valence-corrected chi connectivity index (χ0v) is 20.6. The highest BCUT2D eigenvalue weighted by molar-refractivity contribution is 7.90. The topological polar surface area (TPSA) is 106 Å². The Labute approximate surface area is 205 Å². The van der Waals surface area contributed by atoms with E-state index in [2.05, 4.69) is 15.8 Å². The zero-order chi connectivity index (χ0) is 24.8. The van der Waals surface area contributed by atoms with Crippen molar-refractivity contribution < 1.29 is 23.1 Å². The summed E-state index contributed by atoms with van der Waals surface area (Å²) in [5.74, 6) is -0.137. The largest absolute Gasteiger partial charge is 0.477 e. The second-order valence-corrected chi connectivity index (χ2v) is 11.4. The van der Waals surface area contributed by atoms with Gasteiger partial charge in [-0.05, 0) is 90.3 Å². The molecule has 0 fully saturated rings. The number of hydrogen-bond acceptors (Lipinski definition) is 6. The van der Waals surface area contributed by atoms with Crippen molar-refractivity contribution in [1.29, 1.82) is 0 Å². The SMILES string of the molecule is CC(C)(O)c1cc2cc(c1)S(=O)(=O)NC(=O)Cc1c(ccc3c1CCC3)-c1ccnc(c1)OCC2. The van der Waals surface area contributed by atoms with Gasteiger partial charge in [0.2, 0.25) is 11.8 Å². The summed E-state index contributed by atoms with van der Waals surface area (Å²) in [7, 11) is -4.15. The number of carbonyl (C=O) groups excluding carboxylic acids is 1. The maximum absolute atomic E-state index is 13.2. The second-order valence-electron chi connectivity index (χ2n) is 9.69. The molecule has 2 N–H and O–H groups in total. The number of nitrogens with zero attached hydrogens (tertiary/aromatic N) is 1. The Morgan fingerprint density at radius 1 is 1.03 bits per heavy atom. The molecule has 0 saturated heterocycles. The summed E-state index contributed by atoms with van der Waals surface area (Å²) in [5, 5.41) is 10.6. The lowest BCUT2D eigenvalue weighted by molar-refractivity contribution is -0.118. The normalized spacial score (nSPS) is 17.3. The Morgan fingerprint density at radius 2 is 1.86 bits per heavy atom. The molecule has 5 rings (SSSR count). The van der Waals surface area contributed by atoms with Gasteiger partial charge in [0, 0.05) is 18.7 Å². The van der Waals surface area contributed by atoms with Crippen LogP contribution in [0, 0.1) is 0 Å². The molecule has 182 valence electrons. The molecule has 2 aliphatic rings. The van der Waals surface area contributed by atoms with Gasteiger partial charge in [0.1, 0.15) is 0 Å². The Balaban J connectivity index is 1.64. The Hall–Kier alpha value is -3.23. The molecule has 0 saturated carbocycles. The molecule has 2 heterocycles. The zero-order valence-electron chi connectivity index (χ0n) is 19.8.